The Morgan fingerprint density at radius 3 is 2.73 bits per heavy atom. The Morgan fingerprint density at radius 1 is 1.60 bits per heavy atom. The van der Waals surface area contributed by atoms with E-state index >= 15 is 0 Å². The predicted octanol–water partition coefficient (Wildman–Crippen LogP) is 0.596. The summed E-state index contributed by atoms with van der Waals surface area (Å²) in [6, 6.07) is 3.10. The number of aliphatic hydroxyl groups is 1. The fourth-order valence-corrected chi connectivity index (χ4v) is 1.19. The topological polar surface area (TPSA) is 89.4 Å². The average molecular weight is 214 g/mol. The van der Waals surface area contributed by atoms with Crippen molar-refractivity contribution in [1.29, 1.82) is 0 Å². The molecule has 3 N–H and O–H groups in total. The average Bonchev–Trinajstić information content (AvgIpc) is 2.17. The summed E-state index contributed by atoms with van der Waals surface area (Å²) in [6.45, 7) is -0.210. The number of nitro groups is 1. The maximum atomic E-state index is 13.1. The molecule has 0 heterocycles. The van der Waals surface area contributed by atoms with Crippen molar-refractivity contribution in [2.45, 2.75) is 12.5 Å². The highest BCUT2D eigenvalue weighted by atomic mass is 19.1. The number of benzene rings is 1. The normalized spacial score (nSPS) is 12.5. The molecule has 15 heavy (non-hydrogen) atoms. The second kappa shape index (κ2) is 4.81. The van der Waals surface area contributed by atoms with Crippen molar-refractivity contribution in [2.75, 3.05) is 6.61 Å². The van der Waals surface area contributed by atoms with Gasteiger partial charge < -0.3 is 10.8 Å². The third-order valence-corrected chi connectivity index (χ3v) is 1.94. The van der Waals surface area contributed by atoms with Gasteiger partial charge in [-0.05, 0) is 18.1 Å². The third kappa shape index (κ3) is 2.97. The zero-order chi connectivity index (χ0) is 11.4. The van der Waals surface area contributed by atoms with E-state index in [0.717, 1.165) is 12.1 Å². The Hall–Kier alpha value is -1.53. The van der Waals surface area contributed by atoms with Crippen LogP contribution in [0.4, 0.5) is 10.1 Å². The monoisotopic (exact) mass is 214 g/mol. The van der Waals surface area contributed by atoms with Crippen LogP contribution in [0.1, 0.15) is 5.56 Å². The number of hydrogen-bond donors (Lipinski definition) is 2. The molecule has 5 nitrogen and oxygen atoms in total. The fourth-order valence-electron chi connectivity index (χ4n) is 1.19. The highest BCUT2D eigenvalue weighted by Gasteiger charge is 2.14. The lowest BCUT2D eigenvalue weighted by molar-refractivity contribution is -0.387. The minimum atomic E-state index is -0.886. The summed E-state index contributed by atoms with van der Waals surface area (Å²) in [4.78, 5) is 9.53. The Labute approximate surface area is 85.5 Å². The van der Waals surface area contributed by atoms with Gasteiger partial charge in [-0.3, -0.25) is 10.1 Å². The second-order valence-corrected chi connectivity index (χ2v) is 3.19. The highest BCUT2D eigenvalue weighted by molar-refractivity contribution is 5.35. The van der Waals surface area contributed by atoms with E-state index in [1.54, 1.807) is 0 Å². The summed E-state index contributed by atoms with van der Waals surface area (Å²) < 4.78 is 13.1. The maximum absolute atomic E-state index is 13.1. The van der Waals surface area contributed by atoms with Gasteiger partial charge in [0.25, 0.3) is 0 Å². The molecule has 1 aromatic carbocycles. The lowest BCUT2D eigenvalue weighted by Gasteiger charge is -2.07. The van der Waals surface area contributed by atoms with Gasteiger partial charge in [-0.15, -0.1) is 0 Å². The van der Waals surface area contributed by atoms with Gasteiger partial charge in [0.2, 0.25) is 5.82 Å². The molecular weight excluding hydrogens is 203 g/mol. The molecular formula is C9H11FN2O3. The molecule has 6 heteroatoms. The summed E-state index contributed by atoms with van der Waals surface area (Å²) in [6.07, 6.45) is 0.283. The molecule has 82 valence electrons. The molecule has 0 spiro atoms. The minimum absolute atomic E-state index is 0.210. The molecule has 0 saturated carbocycles. The fraction of sp³-hybridized carbons (Fsp3) is 0.333. The van der Waals surface area contributed by atoms with Crippen molar-refractivity contribution in [2.24, 2.45) is 5.73 Å². The molecule has 0 bridgehead atoms. The quantitative estimate of drug-likeness (QED) is 0.567. The van der Waals surface area contributed by atoms with Crippen LogP contribution in [0.3, 0.4) is 0 Å². The Balaban J connectivity index is 2.87. The van der Waals surface area contributed by atoms with E-state index in [9.17, 15) is 14.5 Å². The Kier molecular flexibility index (Phi) is 3.70. The summed E-state index contributed by atoms with van der Waals surface area (Å²) in [5.74, 6) is -0.886. The summed E-state index contributed by atoms with van der Waals surface area (Å²) in [5.41, 5.74) is 5.42. The van der Waals surface area contributed by atoms with Gasteiger partial charge in [0, 0.05) is 12.1 Å². The van der Waals surface area contributed by atoms with Crippen LogP contribution in [0.5, 0.6) is 0 Å². The number of aliphatic hydroxyl groups excluding tert-OH is 1. The lowest BCUT2D eigenvalue weighted by atomic mass is 10.1. The summed E-state index contributed by atoms with van der Waals surface area (Å²) >= 11 is 0. The molecule has 1 atom stereocenters. The first-order chi connectivity index (χ1) is 7.04. The van der Waals surface area contributed by atoms with Gasteiger partial charge in [-0.25, -0.2) is 0 Å². The molecule has 1 rings (SSSR count). The van der Waals surface area contributed by atoms with Crippen LogP contribution in [0, 0.1) is 15.9 Å². The zero-order valence-electron chi connectivity index (χ0n) is 7.89. The van der Waals surface area contributed by atoms with Crippen LogP contribution in [0.15, 0.2) is 18.2 Å². The van der Waals surface area contributed by atoms with E-state index in [1.165, 1.54) is 6.07 Å². The maximum Gasteiger partial charge on any atom is 0.304 e. The molecule has 0 radical (unpaired) electrons. The van der Waals surface area contributed by atoms with Gasteiger partial charge in [-0.2, -0.15) is 4.39 Å². The van der Waals surface area contributed by atoms with Gasteiger partial charge >= 0.3 is 5.69 Å². The molecule has 0 aliphatic heterocycles. The molecule has 0 aromatic heterocycles. The van der Waals surface area contributed by atoms with Crippen LogP contribution >= 0.6 is 0 Å². The van der Waals surface area contributed by atoms with Crippen molar-refractivity contribution in [3.05, 3.63) is 39.7 Å². The minimum Gasteiger partial charge on any atom is -0.395 e. The number of hydrogen-bond acceptors (Lipinski definition) is 4. The first-order valence-corrected chi connectivity index (χ1v) is 4.34. The summed E-state index contributed by atoms with van der Waals surface area (Å²) in [5, 5.41) is 19.0. The van der Waals surface area contributed by atoms with Gasteiger partial charge in [-0.1, -0.05) is 6.07 Å². The molecule has 1 aromatic rings. The van der Waals surface area contributed by atoms with E-state index in [0.29, 0.717) is 5.56 Å². The van der Waals surface area contributed by atoms with Crippen LogP contribution in [-0.4, -0.2) is 22.7 Å². The summed E-state index contributed by atoms with van der Waals surface area (Å²) in [7, 11) is 0. The van der Waals surface area contributed by atoms with Crippen LogP contribution in [-0.2, 0) is 6.42 Å². The van der Waals surface area contributed by atoms with E-state index in [2.05, 4.69) is 0 Å². The molecule has 0 aliphatic rings. The number of rotatable bonds is 4. The van der Waals surface area contributed by atoms with Crippen molar-refractivity contribution in [3.8, 4) is 0 Å². The van der Waals surface area contributed by atoms with Crippen molar-refractivity contribution >= 4 is 5.69 Å². The Bertz CT molecular complexity index is 370. The van der Waals surface area contributed by atoms with E-state index in [4.69, 9.17) is 10.8 Å². The van der Waals surface area contributed by atoms with Crippen molar-refractivity contribution in [3.63, 3.8) is 0 Å². The molecule has 0 amide bonds. The first kappa shape index (κ1) is 11.5. The third-order valence-electron chi connectivity index (χ3n) is 1.94. The van der Waals surface area contributed by atoms with Gasteiger partial charge in [0.05, 0.1) is 11.5 Å². The predicted molar refractivity (Wildman–Crippen MR) is 51.8 cm³/mol. The Morgan fingerprint density at radius 2 is 2.27 bits per heavy atom. The van der Waals surface area contributed by atoms with Crippen molar-refractivity contribution in [1.82, 2.24) is 0 Å². The lowest BCUT2D eigenvalue weighted by Crippen LogP contribution is -2.26. The second-order valence-electron chi connectivity index (χ2n) is 3.19. The van der Waals surface area contributed by atoms with E-state index in [-0.39, 0.29) is 13.0 Å². The standard InChI is InChI=1S/C9H11FN2O3/c10-8-4-6(3-7(11)5-13)1-2-9(8)12(14)15/h1-2,4,7,13H,3,5,11H2. The number of nitrogens with two attached hydrogens (primary N) is 1. The smallest absolute Gasteiger partial charge is 0.304 e. The number of halogens is 1. The van der Waals surface area contributed by atoms with Gasteiger partial charge in [0.1, 0.15) is 0 Å². The van der Waals surface area contributed by atoms with Crippen LogP contribution in [0.25, 0.3) is 0 Å². The SMILES string of the molecule is NC(CO)Cc1ccc([N+](=O)[O-])c(F)c1. The highest BCUT2D eigenvalue weighted by Crippen LogP contribution is 2.18. The molecule has 0 saturated heterocycles. The molecule has 1 unspecified atom stereocenters. The van der Waals surface area contributed by atoms with E-state index in [1.807, 2.05) is 0 Å². The molecule has 0 fully saturated rings. The molecule has 0 aliphatic carbocycles. The number of nitro benzene ring substituents is 1. The van der Waals surface area contributed by atoms with E-state index < -0.39 is 22.5 Å². The van der Waals surface area contributed by atoms with Crippen LogP contribution in [0.2, 0.25) is 0 Å². The van der Waals surface area contributed by atoms with Crippen molar-refractivity contribution < 1.29 is 14.4 Å². The van der Waals surface area contributed by atoms with Crippen LogP contribution < -0.4 is 5.73 Å². The van der Waals surface area contributed by atoms with Gasteiger partial charge in [0.15, 0.2) is 0 Å². The zero-order valence-corrected chi connectivity index (χ0v) is 7.89. The largest absolute Gasteiger partial charge is 0.395 e. The first-order valence-electron chi connectivity index (χ1n) is 4.34. The number of nitrogens with zero attached hydrogens (tertiary/aromatic N) is 1.